The standard InChI is InChI=1S/C12H10N4O2S/c1-18-9-5-3-2-4-8(9)13-6-10-11(17)16-12(19-10)14-7-15-16/h2-7,13H,1H3/b10-6-. The predicted octanol–water partition coefficient (Wildman–Crippen LogP) is 0.729. The summed E-state index contributed by atoms with van der Waals surface area (Å²) in [5, 5.41) is 6.92. The van der Waals surface area contributed by atoms with Gasteiger partial charge in [0.05, 0.1) is 12.8 Å². The average Bonchev–Trinajstić information content (AvgIpc) is 3.00. The first-order chi connectivity index (χ1) is 9.29. The van der Waals surface area contributed by atoms with Crippen molar-refractivity contribution in [2.45, 2.75) is 0 Å². The quantitative estimate of drug-likeness (QED) is 0.762. The van der Waals surface area contributed by atoms with Crippen molar-refractivity contribution in [3.63, 3.8) is 0 Å². The highest BCUT2D eigenvalue weighted by Crippen LogP contribution is 2.22. The van der Waals surface area contributed by atoms with Crippen LogP contribution in [0.25, 0.3) is 11.2 Å². The highest BCUT2D eigenvalue weighted by molar-refractivity contribution is 7.15. The first-order valence-electron chi connectivity index (χ1n) is 5.52. The summed E-state index contributed by atoms with van der Waals surface area (Å²) in [5.74, 6) is 0.714. The lowest BCUT2D eigenvalue weighted by molar-refractivity contribution is 0.417. The number of methoxy groups -OCH3 is 1. The first kappa shape index (κ1) is 11.7. The number of para-hydroxylation sites is 2. The van der Waals surface area contributed by atoms with Gasteiger partial charge in [0.25, 0.3) is 5.56 Å². The number of rotatable bonds is 3. The number of anilines is 1. The van der Waals surface area contributed by atoms with E-state index in [0.29, 0.717) is 15.2 Å². The van der Waals surface area contributed by atoms with Crippen molar-refractivity contribution in [3.8, 4) is 5.75 Å². The van der Waals surface area contributed by atoms with E-state index in [9.17, 15) is 4.79 Å². The number of hydrogen-bond acceptors (Lipinski definition) is 6. The Labute approximate surface area is 112 Å². The van der Waals surface area contributed by atoms with Crippen molar-refractivity contribution >= 4 is 28.2 Å². The molecule has 96 valence electrons. The normalized spacial score (nSPS) is 11.9. The van der Waals surface area contributed by atoms with Crippen molar-refractivity contribution in [2.24, 2.45) is 0 Å². The molecule has 7 heteroatoms. The largest absolute Gasteiger partial charge is 0.495 e. The Kier molecular flexibility index (Phi) is 2.88. The summed E-state index contributed by atoms with van der Waals surface area (Å²) in [5.41, 5.74) is 0.614. The zero-order valence-electron chi connectivity index (χ0n) is 10.0. The third-order valence-corrected chi connectivity index (χ3v) is 3.56. The van der Waals surface area contributed by atoms with E-state index in [2.05, 4.69) is 15.4 Å². The van der Waals surface area contributed by atoms with Gasteiger partial charge in [-0.05, 0) is 12.1 Å². The number of hydrogen-bond donors (Lipinski definition) is 1. The number of thiazole rings is 1. The van der Waals surface area contributed by atoms with E-state index in [4.69, 9.17) is 4.74 Å². The number of aromatic nitrogens is 3. The summed E-state index contributed by atoms with van der Waals surface area (Å²) < 4.78 is 7.04. The maximum atomic E-state index is 11.9. The first-order valence-corrected chi connectivity index (χ1v) is 6.33. The summed E-state index contributed by atoms with van der Waals surface area (Å²) in [6.45, 7) is 0. The van der Waals surface area contributed by atoms with Gasteiger partial charge >= 0.3 is 0 Å². The van der Waals surface area contributed by atoms with Gasteiger partial charge in [-0.1, -0.05) is 23.5 Å². The van der Waals surface area contributed by atoms with E-state index in [1.807, 2.05) is 24.3 Å². The Balaban J connectivity index is 2.00. The number of nitrogens with one attached hydrogen (secondary N) is 1. The molecule has 1 N–H and O–H groups in total. The molecular weight excluding hydrogens is 264 g/mol. The van der Waals surface area contributed by atoms with Crippen molar-refractivity contribution in [1.82, 2.24) is 14.6 Å². The van der Waals surface area contributed by atoms with Crippen LogP contribution in [-0.2, 0) is 0 Å². The smallest absolute Gasteiger partial charge is 0.292 e. The van der Waals surface area contributed by atoms with E-state index >= 15 is 0 Å². The number of fused-ring (bicyclic) bond motifs is 1. The SMILES string of the molecule is COc1ccccc1N/C=c1\sc2ncnn2c1=O. The van der Waals surface area contributed by atoms with E-state index in [1.54, 1.807) is 13.3 Å². The number of ether oxygens (including phenoxy) is 1. The van der Waals surface area contributed by atoms with Gasteiger partial charge in [0.2, 0.25) is 4.96 Å². The fourth-order valence-electron chi connectivity index (χ4n) is 1.68. The van der Waals surface area contributed by atoms with Gasteiger partial charge < -0.3 is 10.1 Å². The van der Waals surface area contributed by atoms with Crippen LogP contribution in [0, 0.1) is 0 Å². The summed E-state index contributed by atoms with van der Waals surface area (Å²) in [4.78, 5) is 16.5. The molecule has 0 saturated carbocycles. The Morgan fingerprint density at radius 2 is 2.26 bits per heavy atom. The Morgan fingerprint density at radius 3 is 3.05 bits per heavy atom. The number of nitrogens with zero attached hydrogens (tertiary/aromatic N) is 3. The molecule has 0 radical (unpaired) electrons. The Hall–Kier alpha value is -2.41. The van der Waals surface area contributed by atoms with E-state index < -0.39 is 0 Å². The van der Waals surface area contributed by atoms with E-state index in [0.717, 1.165) is 5.69 Å². The third kappa shape index (κ3) is 2.04. The molecule has 2 heterocycles. The predicted molar refractivity (Wildman–Crippen MR) is 73.4 cm³/mol. The van der Waals surface area contributed by atoms with Gasteiger partial charge in [-0.15, -0.1) is 0 Å². The topological polar surface area (TPSA) is 68.5 Å². The second-order valence-electron chi connectivity index (χ2n) is 3.71. The molecule has 0 unspecified atom stereocenters. The van der Waals surface area contributed by atoms with Crippen LogP contribution in [-0.4, -0.2) is 21.7 Å². The minimum Gasteiger partial charge on any atom is -0.495 e. The van der Waals surface area contributed by atoms with Crippen LogP contribution in [0.4, 0.5) is 5.69 Å². The third-order valence-electron chi connectivity index (χ3n) is 2.59. The maximum Gasteiger partial charge on any atom is 0.292 e. The van der Waals surface area contributed by atoms with Crippen molar-refractivity contribution in [2.75, 3.05) is 12.4 Å². The minimum absolute atomic E-state index is 0.181. The lowest BCUT2D eigenvalue weighted by Gasteiger charge is -2.06. The van der Waals surface area contributed by atoms with Crippen molar-refractivity contribution < 1.29 is 4.74 Å². The molecule has 0 saturated heterocycles. The molecule has 3 aromatic rings. The fraction of sp³-hybridized carbons (Fsp3) is 0.0833. The second kappa shape index (κ2) is 4.69. The molecule has 0 spiro atoms. The highest BCUT2D eigenvalue weighted by Gasteiger charge is 2.05. The lowest BCUT2D eigenvalue weighted by atomic mass is 10.3. The van der Waals surface area contributed by atoms with Crippen molar-refractivity contribution in [1.29, 1.82) is 0 Å². The van der Waals surface area contributed by atoms with Crippen LogP contribution in [0.1, 0.15) is 0 Å². The summed E-state index contributed by atoms with van der Waals surface area (Å²) in [6.07, 6.45) is 3.01. The average molecular weight is 274 g/mol. The zero-order valence-corrected chi connectivity index (χ0v) is 10.8. The monoisotopic (exact) mass is 274 g/mol. The van der Waals surface area contributed by atoms with Crippen LogP contribution in [0.5, 0.6) is 5.75 Å². The minimum atomic E-state index is -0.181. The molecule has 0 aliphatic heterocycles. The van der Waals surface area contributed by atoms with Crippen molar-refractivity contribution in [3.05, 3.63) is 45.5 Å². The van der Waals surface area contributed by atoms with Crippen LogP contribution < -0.4 is 20.1 Å². The summed E-state index contributed by atoms with van der Waals surface area (Å²) in [7, 11) is 1.60. The van der Waals surface area contributed by atoms with E-state index in [-0.39, 0.29) is 5.56 Å². The van der Waals surface area contributed by atoms with Crippen LogP contribution in [0.15, 0.2) is 35.4 Å². The van der Waals surface area contributed by atoms with Crippen LogP contribution in [0.2, 0.25) is 0 Å². The van der Waals surface area contributed by atoms with Crippen LogP contribution >= 0.6 is 11.3 Å². The molecule has 0 bridgehead atoms. The molecule has 6 nitrogen and oxygen atoms in total. The molecule has 3 rings (SSSR count). The molecule has 0 aliphatic carbocycles. The van der Waals surface area contributed by atoms with Gasteiger partial charge in [-0.2, -0.15) is 9.61 Å². The molecule has 1 aromatic carbocycles. The lowest BCUT2D eigenvalue weighted by Crippen LogP contribution is -2.24. The van der Waals surface area contributed by atoms with E-state index in [1.165, 1.54) is 22.2 Å². The highest BCUT2D eigenvalue weighted by atomic mass is 32.1. The van der Waals surface area contributed by atoms with Gasteiger partial charge in [0.15, 0.2) is 0 Å². The Bertz CT molecular complexity index is 824. The second-order valence-corrected chi connectivity index (χ2v) is 4.72. The fourth-order valence-corrected chi connectivity index (χ4v) is 2.49. The van der Waals surface area contributed by atoms with Gasteiger partial charge in [0, 0.05) is 6.20 Å². The molecule has 0 fully saturated rings. The van der Waals surface area contributed by atoms with Crippen LogP contribution in [0.3, 0.4) is 0 Å². The summed E-state index contributed by atoms with van der Waals surface area (Å²) >= 11 is 1.28. The molecule has 0 aliphatic rings. The molecule has 0 amide bonds. The van der Waals surface area contributed by atoms with Gasteiger partial charge in [-0.25, -0.2) is 4.98 Å². The molecule has 19 heavy (non-hydrogen) atoms. The van der Waals surface area contributed by atoms with Gasteiger partial charge in [-0.3, -0.25) is 4.79 Å². The molecule has 0 atom stereocenters. The maximum absolute atomic E-state index is 11.9. The van der Waals surface area contributed by atoms with Gasteiger partial charge in [0.1, 0.15) is 16.6 Å². The zero-order chi connectivity index (χ0) is 13.2. The Morgan fingerprint density at radius 1 is 1.42 bits per heavy atom. The molecule has 2 aromatic heterocycles. The molecular formula is C12H10N4O2S. The number of benzene rings is 1. The summed E-state index contributed by atoms with van der Waals surface area (Å²) in [6, 6.07) is 7.49.